The highest BCUT2D eigenvalue weighted by Gasteiger charge is 2.65. The number of allylic oxidation sites excluding steroid dienone is 1. The number of nitriles is 1. The van der Waals surface area contributed by atoms with Gasteiger partial charge in [0.25, 0.3) is 0 Å². The second-order valence-corrected chi connectivity index (χ2v) is 22.4. The van der Waals surface area contributed by atoms with Gasteiger partial charge in [-0.25, -0.2) is 0 Å². The molecule has 4 rings (SSSR count). The van der Waals surface area contributed by atoms with Gasteiger partial charge in [0.05, 0.1) is 6.07 Å². The van der Waals surface area contributed by atoms with E-state index in [1.165, 1.54) is 25.7 Å². The average molecular weight is 460 g/mol. The van der Waals surface area contributed by atoms with Crippen LogP contribution in [0.3, 0.4) is 0 Å². The summed E-state index contributed by atoms with van der Waals surface area (Å²) in [5, 5.41) is 10.4. The van der Waals surface area contributed by atoms with E-state index in [4.69, 9.17) is 8.85 Å². The van der Waals surface area contributed by atoms with Crippen LogP contribution in [0.25, 0.3) is 0 Å². The van der Waals surface area contributed by atoms with Crippen LogP contribution in [-0.2, 0) is 8.85 Å². The molecule has 0 aromatic carbocycles. The average Bonchev–Trinajstić information content (AvgIpc) is 2.92. The molecule has 0 saturated heterocycles. The van der Waals surface area contributed by atoms with E-state index in [0.29, 0.717) is 23.4 Å². The Hall–Kier alpha value is -0.416. The van der Waals surface area contributed by atoms with E-state index in [9.17, 15) is 5.26 Å². The summed E-state index contributed by atoms with van der Waals surface area (Å²) >= 11 is 0. The summed E-state index contributed by atoms with van der Waals surface area (Å²) in [5.74, 6) is 2.09. The third-order valence-corrected chi connectivity index (χ3v) is 11.4. The quantitative estimate of drug-likeness (QED) is 0.327. The van der Waals surface area contributed by atoms with Gasteiger partial charge in [0, 0.05) is 11.5 Å². The monoisotopic (exact) mass is 459 g/mol. The van der Waals surface area contributed by atoms with Crippen molar-refractivity contribution in [1.29, 1.82) is 5.26 Å². The van der Waals surface area contributed by atoms with Crippen LogP contribution in [0.15, 0.2) is 11.6 Å². The summed E-state index contributed by atoms with van der Waals surface area (Å²) in [5.41, 5.74) is 1.46. The Morgan fingerprint density at radius 3 is 2.23 bits per heavy atom. The molecule has 4 aliphatic carbocycles. The zero-order chi connectivity index (χ0) is 22.9. The Balaban J connectivity index is 1.59. The highest BCUT2D eigenvalue weighted by molar-refractivity contribution is 6.70. The lowest BCUT2D eigenvalue weighted by atomic mass is 9.47. The summed E-state index contributed by atoms with van der Waals surface area (Å²) in [6.45, 7) is 18.6. The second kappa shape index (κ2) is 7.55. The van der Waals surface area contributed by atoms with Crippen molar-refractivity contribution in [3.8, 4) is 6.07 Å². The van der Waals surface area contributed by atoms with Crippen LogP contribution in [0, 0.1) is 39.9 Å². The molecule has 7 atom stereocenters. The molecule has 0 aromatic rings. The van der Waals surface area contributed by atoms with E-state index in [-0.39, 0.29) is 5.41 Å². The number of fused-ring (bicyclic) bond motifs is 5. The Morgan fingerprint density at radius 2 is 1.61 bits per heavy atom. The molecule has 31 heavy (non-hydrogen) atoms. The molecule has 3 nitrogen and oxygen atoms in total. The van der Waals surface area contributed by atoms with Gasteiger partial charge in [-0.05, 0) is 114 Å². The van der Waals surface area contributed by atoms with Gasteiger partial charge in [-0.1, -0.05) is 25.5 Å². The van der Waals surface area contributed by atoms with Crippen LogP contribution in [0.2, 0.25) is 39.3 Å². The van der Waals surface area contributed by atoms with Gasteiger partial charge in [-0.3, -0.25) is 0 Å². The molecular weight excluding hydrogens is 414 g/mol. The van der Waals surface area contributed by atoms with Crippen LogP contribution in [0.5, 0.6) is 0 Å². The van der Waals surface area contributed by atoms with E-state index in [2.05, 4.69) is 65.3 Å². The van der Waals surface area contributed by atoms with Crippen LogP contribution in [-0.4, -0.2) is 28.3 Å². The second-order valence-electron chi connectivity index (χ2n) is 13.5. The molecule has 174 valence electrons. The predicted molar refractivity (Wildman–Crippen MR) is 133 cm³/mol. The molecule has 0 spiro atoms. The Morgan fingerprint density at radius 1 is 0.935 bits per heavy atom. The first kappa shape index (κ1) is 23.7. The summed E-state index contributed by atoms with van der Waals surface area (Å²) < 4.78 is 13.3. The largest absolute Gasteiger partial charge is 0.414 e. The summed E-state index contributed by atoms with van der Waals surface area (Å²) in [4.78, 5) is 0. The van der Waals surface area contributed by atoms with Gasteiger partial charge in [0.2, 0.25) is 0 Å². The van der Waals surface area contributed by atoms with Crippen molar-refractivity contribution in [3.05, 3.63) is 11.6 Å². The molecule has 3 fully saturated rings. The predicted octanol–water partition coefficient (Wildman–Crippen LogP) is 7.28. The Kier molecular flexibility index (Phi) is 5.78. The molecule has 0 radical (unpaired) electrons. The Labute approximate surface area is 193 Å². The molecule has 0 aliphatic heterocycles. The third-order valence-electron chi connectivity index (χ3n) is 9.36. The van der Waals surface area contributed by atoms with Gasteiger partial charge >= 0.3 is 0 Å². The molecule has 3 saturated carbocycles. The molecule has 5 heteroatoms. The lowest BCUT2D eigenvalue weighted by Crippen LogP contribution is -2.57. The minimum Gasteiger partial charge on any atom is -0.414 e. The van der Waals surface area contributed by atoms with Gasteiger partial charge in [-0.15, -0.1) is 0 Å². The lowest BCUT2D eigenvalue weighted by Gasteiger charge is -2.59. The first-order valence-electron chi connectivity index (χ1n) is 12.7. The smallest absolute Gasteiger partial charge is 0.185 e. The fourth-order valence-electron chi connectivity index (χ4n) is 8.12. The van der Waals surface area contributed by atoms with Crippen LogP contribution in [0.4, 0.5) is 0 Å². The van der Waals surface area contributed by atoms with Gasteiger partial charge in [0.1, 0.15) is 5.60 Å². The van der Waals surface area contributed by atoms with Crippen LogP contribution in [0.1, 0.15) is 65.2 Å². The standard InChI is InChI=1S/C26H45NO2Si2/c1-24-14-11-20(28-30(3,4)5)17-19(24)9-10-21-22(24)12-15-25(2)23(21)13-16-26(25,18-27)29-31(6,7)8/h9,20-23H,10-17H2,1-8H3/t20-,21-,22+,23+,24+,25+,26?/m1/s1. The first-order chi connectivity index (χ1) is 14.2. The maximum absolute atomic E-state index is 10.4. The number of hydrogen-bond acceptors (Lipinski definition) is 3. The lowest BCUT2D eigenvalue weighted by molar-refractivity contribution is -0.0902. The van der Waals surface area contributed by atoms with Gasteiger partial charge < -0.3 is 8.85 Å². The van der Waals surface area contributed by atoms with Crippen molar-refractivity contribution in [2.75, 3.05) is 0 Å². The molecule has 0 bridgehead atoms. The summed E-state index contributed by atoms with van der Waals surface area (Å²) in [6, 6.07) is 2.75. The maximum Gasteiger partial charge on any atom is 0.185 e. The van der Waals surface area contributed by atoms with E-state index in [0.717, 1.165) is 31.6 Å². The molecule has 0 aromatic heterocycles. The van der Waals surface area contributed by atoms with Gasteiger partial charge in [-0.2, -0.15) is 5.26 Å². The summed E-state index contributed by atoms with van der Waals surface area (Å²) in [7, 11) is -3.29. The van der Waals surface area contributed by atoms with E-state index >= 15 is 0 Å². The topological polar surface area (TPSA) is 42.2 Å². The minimum atomic E-state index is -1.80. The Bertz CT molecular complexity index is 791. The van der Waals surface area contributed by atoms with E-state index < -0.39 is 22.2 Å². The highest BCUT2D eigenvalue weighted by atomic mass is 28.4. The maximum atomic E-state index is 10.4. The summed E-state index contributed by atoms with van der Waals surface area (Å²) in [6.07, 6.45) is 12.4. The molecule has 1 unspecified atom stereocenters. The molecule has 0 heterocycles. The van der Waals surface area contributed by atoms with Crippen molar-refractivity contribution in [2.24, 2.45) is 28.6 Å². The van der Waals surface area contributed by atoms with Crippen molar-refractivity contribution in [3.63, 3.8) is 0 Å². The molecular formula is C26H45NO2Si2. The normalized spacial score (nSPS) is 45.2. The van der Waals surface area contributed by atoms with Crippen molar-refractivity contribution < 1.29 is 8.85 Å². The number of rotatable bonds is 4. The SMILES string of the molecule is C[C@]12CC[C@@H](O[Si](C)(C)C)CC1=CC[C@@H]1[C@@H]2CC[C@@]2(C)[C@H]1CCC2(C#N)O[Si](C)(C)C. The van der Waals surface area contributed by atoms with Crippen LogP contribution >= 0.6 is 0 Å². The highest BCUT2D eigenvalue weighted by Crippen LogP contribution is 2.68. The van der Waals surface area contributed by atoms with Gasteiger partial charge in [0.15, 0.2) is 16.6 Å². The van der Waals surface area contributed by atoms with E-state index in [1.54, 1.807) is 5.57 Å². The van der Waals surface area contributed by atoms with Crippen molar-refractivity contribution in [2.45, 2.75) is 116 Å². The molecule has 0 amide bonds. The fraction of sp³-hybridized carbons (Fsp3) is 0.885. The fourth-order valence-corrected chi connectivity index (χ4v) is 10.8. The number of nitrogens with zero attached hydrogens (tertiary/aromatic N) is 1. The first-order valence-corrected chi connectivity index (χ1v) is 19.5. The third kappa shape index (κ3) is 3.94. The zero-order valence-electron chi connectivity index (χ0n) is 21.3. The van der Waals surface area contributed by atoms with Crippen LogP contribution < -0.4 is 0 Å². The van der Waals surface area contributed by atoms with E-state index in [1.807, 2.05) is 0 Å². The molecule has 4 aliphatic rings. The minimum absolute atomic E-state index is 0.00302. The van der Waals surface area contributed by atoms with Crippen molar-refractivity contribution in [1.82, 2.24) is 0 Å². The number of hydrogen-bond donors (Lipinski definition) is 0. The molecule has 0 N–H and O–H groups in total. The zero-order valence-corrected chi connectivity index (χ0v) is 23.3. The van der Waals surface area contributed by atoms with Crippen molar-refractivity contribution >= 4 is 16.6 Å².